The van der Waals surface area contributed by atoms with E-state index in [0.717, 1.165) is 43.0 Å². The van der Waals surface area contributed by atoms with Crippen molar-refractivity contribution >= 4 is 17.4 Å². The van der Waals surface area contributed by atoms with Crippen LogP contribution in [0, 0.1) is 0 Å². The number of alkyl halides is 3. The van der Waals surface area contributed by atoms with E-state index in [9.17, 15) is 18.0 Å². The molecular weight excluding hydrogens is 463 g/mol. The normalized spacial score (nSPS) is 14.5. The van der Waals surface area contributed by atoms with E-state index in [1.807, 2.05) is 6.07 Å². The van der Waals surface area contributed by atoms with Crippen LogP contribution in [-0.2, 0) is 18.0 Å². The lowest BCUT2D eigenvalue weighted by molar-refractivity contribution is -0.137. The lowest BCUT2D eigenvalue weighted by Crippen LogP contribution is -2.38. The molecule has 0 spiro atoms. The molecule has 1 saturated heterocycles. The van der Waals surface area contributed by atoms with Crippen molar-refractivity contribution in [3.63, 3.8) is 0 Å². The lowest BCUT2D eigenvalue weighted by Gasteiger charge is -2.26. The number of nitrogens with zero attached hydrogens (tertiary/aromatic N) is 3. The zero-order valence-corrected chi connectivity index (χ0v) is 19.1. The maximum Gasteiger partial charge on any atom is 0.416 e. The highest BCUT2D eigenvalue weighted by Crippen LogP contribution is 2.33. The van der Waals surface area contributed by atoms with Crippen molar-refractivity contribution in [3.05, 3.63) is 60.3 Å². The van der Waals surface area contributed by atoms with Crippen molar-refractivity contribution in [2.24, 2.45) is 7.05 Å². The van der Waals surface area contributed by atoms with Gasteiger partial charge in [0.2, 0.25) is 0 Å². The van der Waals surface area contributed by atoms with E-state index < -0.39 is 17.8 Å². The number of halogens is 3. The summed E-state index contributed by atoms with van der Waals surface area (Å²) in [4.78, 5) is 14.7. The molecule has 8 nitrogen and oxygen atoms in total. The van der Waals surface area contributed by atoms with Crippen LogP contribution < -0.4 is 15.4 Å². The number of ether oxygens (including phenoxy) is 2. The average Bonchev–Trinajstić information content (AvgIpc) is 3.26. The minimum Gasteiger partial charge on any atom is -0.492 e. The first kappa shape index (κ1) is 24.6. The number of urea groups is 1. The molecule has 11 heteroatoms. The second-order valence-electron chi connectivity index (χ2n) is 8.01. The predicted octanol–water partition coefficient (Wildman–Crippen LogP) is 4.46. The third-order valence-electron chi connectivity index (χ3n) is 5.55. The molecule has 2 aromatic carbocycles. The molecule has 1 aliphatic heterocycles. The van der Waals surface area contributed by atoms with Gasteiger partial charge in [0.1, 0.15) is 12.4 Å². The minimum absolute atomic E-state index is 0.0345. The van der Waals surface area contributed by atoms with E-state index in [0.29, 0.717) is 31.3 Å². The van der Waals surface area contributed by atoms with Crippen LogP contribution in [0.2, 0.25) is 0 Å². The van der Waals surface area contributed by atoms with Gasteiger partial charge in [0.15, 0.2) is 0 Å². The fraction of sp³-hybridized carbons (Fsp3) is 0.333. The van der Waals surface area contributed by atoms with Crippen LogP contribution in [0.1, 0.15) is 5.56 Å². The van der Waals surface area contributed by atoms with E-state index >= 15 is 0 Å². The Morgan fingerprint density at radius 2 is 1.83 bits per heavy atom. The molecule has 4 rings (SSSR count). The van der Waals surface area contributed by atoms with Gasteiger partial charge >= 0.3 is 12.2 Å². The number of carbonyl (C=O) groups is 1. The molecule has 1 fully saturated rings. The Morgan fingerprint density at radius 1 is 1.09 bits per heavy atom. The van der Waals surface area contributed by atoms with Crippen LogP contribution >= 0.6 is 0 Å². The first-order chi connectivity index (χ1) is 16.8. The number of carbonyl (C=O) groups excluding carboxylic acids is 1. The smallest absolute Gasteiger partial charge is 0.416 e. The molecule has 186 valence electrons. The van der Waals surface area contributed by atoms with Crippen LogP contribution in [0.25, 0.3) is 11.3 Å². The maximum atomic E-state index is 12.9. The molecule has 0 saturated carbocycles. The summed E-state index contributed by atoms with van der Waals surface area (Å²) in [5.74, 6) is 0.630. The number of morpholine rings is 1. The van der Waals surface area contributed by atoms with Crippen LogP contribution in [0.5, 0.6) is 5.75 Å². The molecule has 2 heterocycles. The van der Waals surface area contributed by atoms with Gasteiger partial charge in [0.25, 0.3) is 0 Å². The monoisotopic (exact) mass is 489 g/mol. The van der Waals surface area contributed by atoms with Crippen molar-refractivity contribution in [2.75, 3.05) is 50.1 Å². The quantitative estimate of drug-likeness (QED) is 0.512. The van der Waals surface area contributed by atoms with Gasteiger partial charge < -0.3 is 20.1 Å². The third kappa shape index (κ3) is 6.52. The second-order valence-corrected chi connectivity index (χ2v) is 8.01. The zero-order chi connectivity index (χ0) is 24.8. The number of amides is 2. The first-order valence-corrected chi connectivity index (χ1v) is 11.1. The standard InChI is InChI=1S/C24H26F3N5O3/c1-31-21(7-8-28-31)20-16-19(5-6-22(20)35-14-11-32-9-12-34-13-10-32)30-23(33)29-18-4-2-3-17(15-18)24(25,26)27/h2-8,15-16H,9-14H2,1H3,(H2,29,30,33). The molecule has 2 amide bonds. The number of hydrogen-bond donors (Lipinski definition) is 2. The SMILES string of the molecule is Cn1nccc1-c1cc(NC(=O)Nc2cccc(C(F)(F)F)c2)ccc1OCCN1CCOCC1. The number of hydrogen-bond acceptors (Lipinski definition) is 5. The van der Waals surface area contributed by atoms with E-state index in [-0.39, 0.29) is 5.69 Å². The van der Waals surface area contributed by atoms with E-state index in [4.69, 9.17) is 9.47 Å². The number of rotatable bonds is 7. The highest BCUT2D eigenvalue weighted by Gasteiger charge is 2.30. The van der Waals surface area contributed by atoms with Gasteiger partial charge in [-0.1, -0.05) is 6.07 Å². The topological polar surface area (TPSA) is 80.7 Å². The third-order valence-corrected chi connectivity index (χ3v) is 5.55. The van der Waals surface area contributed by atoms with Gasteiger partial charge in [-0.25, -0.2) is 4.79 Å². The number of aryl methyl sites for hydroxylation is 1. The van der Waals surface area contributed by atoms with Gasteiger partial charge in [-0.3, -0.25) is 9.58 Å². The molecular formula is C24H26F3N5O3. The molecule has 3 aromatic rings. The Kier molecular flexibility index (Phi) is 7.57. The van der Waals surface area contributed by atoms with Gasteiger partial charge in [-0.05, 0) is 42.5 Å². The summed E-state index contributed by atoms with van der Waals surface area (Å²) >= 11 is 0. The summed E-state index contributed by atoms with van der Waals surface area (Å²) in [5.41, 5.74) is 1.16. The molecule has 1 aliphatic rings. The van der Waals surface area contributed by atoms with Gasteiger partial charge in [0.05, 0.1) is 24.5 Å². The molecule has 0 atom stereocenters. The summed E-state index contributed by atoms with van der Waals surface area (Å²) in [5, 5.41) is 9.32. The number of nitrogens with one attached hydrogen (secondary N) is 2. The van der Waals surface area contributed by atoms with E-state index in [2.05, 4.69) is 20.6 Å². The molecule has 0 unspecified atom stereocenters. The predicted molar refractivity (Wildman–Crippen MR) is 125 cm³/mol. The fourth-order valence-corrected chi connectivity index (χ4v) is 3.75. The molecule has 35 heavy (non-hydrogen) atoms. The first-order valence-electron chi connectivity index (χ1n) is 11.1. The zero-order valence-electron chi connectivity index (χ0n) is 19.1. The van der Waals surface area contributed by atoms with Crippen molar-refractivity contribution in [3.8, 4) is 17.0 Å². The molecule has 0 bridgehead atoms. The van der Waals surface area contributed by atoms with Crippen molar-refractivity contribution in [2.45, 2.75) is 6.18 Å². The number of benzene rings is 2. The molecule has 0 aliphatic carbocycles. The second kappa shape index (κ2) is 10.8. The Hall–Kier alpha value is -3.57. The highest BCUT2D eigenvalue weighted by atomic mass is 19.4. The van der Waals surface area contributed by atoms with Gasteiger partial charge in [-0.15, -0.1) is 0 Å². The lowest BCUT2D eigenvalue weighted by atomic mass is 10.1. The van der Waals surface area contributed by atoms with Gasteiger partial charge in [0, 0.05) is 49.8 Å². The Bertz CT molecular complexity index is 1160. The van der Waals surface area contributed by atoms with Crippen molar-refractivity contribution in [1.82, 2.24) is 14.7 Å². The summed E-state index contributed by atoms with van der Waals surface area (Å²) in [6.07, 6.45) is -2.84. The minimum atomic E-state index is -4.50. The summed E-state index contributed by atoms with van der Waals surface area (Å²) in [7, 11) is 1.80. The summed E-state index contributed by atoms with van der Waals surface area (Å²) in [6, 6.07) is 10.8. The molecule has 1 aromatic heterocycles. The van der Waals surface area contributed by atoms with Crippen molar-refractivity contribution in [1.29, 1.82) is 0 Å². The highest BCUT2D eigenvalue weighted by molar-refractivity contribution is 6.00. The van der Waals surface area contributed by atoms with Crippen LogP contribution in [0.15, 0.2) is 54.7 Å². The average molecular weight is 489 g/mol. The van der Waals surface area contributed by atoms with Crippen LogP contribution in [-0.4, -0.2) is 60.2 Å². The summed E-state index contributed by atoms with van der Waals surface area (Å²) < 4.78 is 51.9. The Balaban J connectivity index is 1.46. The summed E-state index contributed by atoms with van der Waals surface area (Å²) in [6.45, 7) is 4.39. The maximum absolute atomic E-state index is 12.9. The number of anilines is 2. The van der Waals surface area contributed by atoms with E-state index in [1.54, 1.807) is 36.1 Å². The Labute approximate surface area is 200 Å². The fourth-order valence-electron chi connectivity index (χ4n) is 3.75. The Morgan fingerprint density at radius 3 is 2.51 bits per heavy atom. The van der Waals surface area contributed by atoms with Crippen molar-refractivity contribution < 1.29 is 27.4 Å². The van der Waals surface area contributed by atoms with Gasteiger partial charge in [-0.2, -0.15) is 18.3 Å². The van der Waals surface area contributed by atoms with Crippen LogP contribution in [0.4, 0.5) is 29.3 Å². The largest absolute Gasteiger partial charge is 0.492 e. The van der Waals surface area contributed by atoms with Crippen LogP contribution in [0.3, 0.4) is 0 Å². The molecule has 0 radical (unpaired) electrons. The number of aromatic nitrogens is 2. The molecule has 2 N–H and O–H groups in total. The van der Waals surface area contributed by atoms with E-state index in [1.165, 1.54) is 12.1 Å².